The first kappa shape index (κ1) is 21.8. The zero-order valence-electron chi connectivity index (χ0n) is 18.4. The molecule has 3 rings (SSSR count). The molecule has 6 heteroatoms. The van der Waals surface area contributed by atoms with Gasteiger partial charge in [0.2, 0.25) is 6.79 Å². The highest BCUT2D eigenvalue weighted by Crippen LogP contribution is 2.33. The van der Waals surface area contributed by atoms with Crippen LogP contribution in [-0.4, -0.2) is 60.5 Å². The van der Waals surface area contributed by atoms with E-state index in [1.165, 1.54) is 0 Å². The van der Waals surface area contributed by atoms with Crippen LogP contribution in [0.1, 0.15) is 58.9 Å². The first-order valence-corrected chi connectivity index (χ1v) is 11.1. The SMILES string of the molecule is CCN(CC)C1CCC(OC(=O)N(CC)C(C)Cc2ccc3c(c2)OCO3)CC1. The predicted molar refractivity (Wildman–Crippen MR) is 114 cm³/mol. The summed E-state index contributed by atoms with van der Waals surface area (Å²) in [6.07, 6.45) is 4.75. The van der Waals surface area contributed by atoms with Gasteiger partial charge in [0.1, 0.15) is 6.10 Å². The fourth-order valence-corrected chi connectivity index (χ4v) is 4.62. The topological polar surface area (TPSA) is 51.2 Å². The third-order valence-electron chi connectivity index (χ3n) is 6.32. The number of carbonyl (C=O) groups is 1. The first-order chi connectivity index (χ1) is 14.0. The highest BCUT2D eigenvalue weighted by Gasteiger charge is 2.29. The Morgan fingerprint density at radius 2 is 1.76 bits per heavy atom. The Labute approximate surface area is 175 Å². The van der Waals surface area contributed by atoms with Crippen LogP contribution in [0, 0.1) is 0 Å². The number of rotatable bonds is 8. The first-order valence-electron chi connectivity index (χ1n) is 11.1. The van der Waals surface area contributed by atoms with Crippen LogP contribution >= 0.6 is 0 Å². The third kappa shape index (κ3) is 5.35. The molecule has 0 saturated heterocycles. The minimum atomic E-state index is -0.188. The maximum Gasteiger partial charge on any atom is 0.410 e. The molecule has 0 N–H and O–H groups in total. The fourth-order valence-electron chi connectivity index (χ4n) is 4.62. The molecule has 0 aromatic heterocycles. The van der Waals surface area contributed by atoms with E-state index in [4.69, 9.17) is 14.2 Å². The Bertz CT molecular complexity index is 669. The van der Waals surface area contributed by atoms with Gasteiger partial charge in [0.15, 0.2) is 11.5 Å². The van der Waals surface area contributed by atoms with Crippen molar-refractivity contribution in [3.63, 3.8) is 0 Å². The Balaban J connectivity index is 1.51. The van der Waals surface area contributed by atoms with E-state index in [9.17, 15) is 4.79 Å². The van der Waals surface area contributed by atoms with E-state index >= 15 is 0 Å². The lowest BCUT2D eigenvalue weighted by molar-refractivity contribution is 0.0234. The molecule has 1 fully saturated rings. The van der Waals surface area contributed by atoms with Gasteiger partial charge in [-0.05, 0) is 76.7 Å². The average molecular weight is 405 g/mol. The smallest absolute Gasteiger partial charge is 0.410 e. The quantitative estimate of drug-likeness (QED) is 0.640. The van der Waals surface area contributed by atoms with Crippen molar-refractivity contribution >= 4 is 6.09 Å². The number of carbonyl (C=O) groups excluding carboxylic acids is 1. The van der Waals surface area contributed by atoms with E-state index in [-0.39, 0.29) is 25.0 Å². The van der Waals surface area contributed by atoms with Crippen molar-refractivity contribution < 1.29 is 19.0 Å². The van der Waals surface area contributed by atoms with E-state index in [1.807, 2.05) is 30.0 Å². The molecule has 1 amide bonds. The molecule has 1 atom stereocenters. The minimum Gasteiger partial charge on any atom is -0.454 e. The normalized spacial score (nSPS) is 21.8. The van der Waals surface area contributed by atoms with Crippen LogP contribution in [0.2, 0.25) is 0 Å². The lowest BCUT2D eigenvalue weighted by Crippen LogP contribution is -2.43. The molecular weight excluding hydrogens is 368 g/mol. The highest BCUT2D eigenvalue weighted by atomic mass is 16.7. The fraction of sp³-hybridized carbons (Fsp3) is 0.696. The number of hydrogen-bond acceptors (Lipinski definition) is 5. The van der Waals surface area contributed by atoms with E-state index in [0.717, 1.165) is 62.3 Å². The summed E-state index contributed by atoms with van der Waals surface area (Å²) in [5.74, 6) is 1.57. The van der Waals surface area contributed by atoms with Crippen molar-refractivity contribution in [1.29, 1.82) is 0 Å². The second kappa shape index (κ2) is 10.2. The van der Waals surface area contributed by atoms with Gasteiger partial charge in [-0.2, -0.15) is 0 Å². The zero-order valence-corrected chi connectivity index (χ0v) is 18.4. The molecule has 1 saturated carbocycles. The molecule has 1 aromatic rings. The van der Waals surface area contributed by atoms with Gasteiger partial charge in [-0.1, -0.05) is 19.9 Å². The number of likely N-dealkylation sites (N-methyl/N-ethyl adjacent to an activating group) is 1. The van der Waals surface area contributed by atoms with Gasteiger partial charge < -0.3 is 24.0 Å². The predicted octanol–water partition coefficient (Wildman–Crippen LogP) is 4.46. The van der Waals surface area contributed by atoms with Gasteiger partial charge in [0.05, 0.1) is 0 Å². The molecule has 2 aliphatic rings. The molecule has 6 nitrogen and oxygen atoms in total. The van der Waals surface area contributed by atoms with Crippen LogP contribution in [0.5, 0.6) is 11.5 Å². The monoisotopic (exact) mass is 404 g/mol. The second-order valence-corrected chi connectivity index (χ2v) is 8.06. The molecule has 1 unspecified atom stereocenters. The van der Waals surface area contributed by atoms with Crippen LogP contribution in [0.3, 0.4) is 0 Å². The van der Waals surface area contributed by atoms with Crippen LogP contribution in [-0.2, 0) is 11.2 Å². The Hall–Kier alpha value is -1.95. The summed E-state index contributed by atoms with van der Waals surface area (Å²) in [7, 11) is 0. The van der Waals surface area contributed by atoms with Crippen molar-refractivity contribution in [2.45, 2.75) is 78.0 Å². The molecule has 29 heavy (non-hydrogen) atoms. The number of amides is 1. The average Bonchev–Trinajstić information content (AvgIpc) is 3.18. The van der Waals surface area contributed by atoms with E-state index in [2.05, 4.69) is 25.7 Å². The van der Waals surface area contributed by atoms with Gasteiger partial charge in [0, 0.05) is 18.6 Å². The maximum atomic E-state index is 12.8. The van der Waals surface area contributed by atoms with Crippen LogP contribution in [0.15, 0.2) is 18.2 Å². The Morgan fingerprint density at radius 1 is 1.07 bits per heavy atom. The Morgan fingerprint density at radius 3 is 2.41 bits per heavy atom. The summed E-state index contributed by atoms with van der Waals surface area (Å²) < 4.78 is 16.7. The number of nitrogens with zero attached hydrogens (tertiary/aromatic N) is 2. The molecule has 1 heterocycles. The van der Waals surface area contributed by atoms with Crippen molar-refractivity contribution in [1.82, 2.24) is 9.80 Å². The van der Waals surface area contributed by atoms with Gasteiger partial charge in [-0.25, -0.2) is 4.79 Å². The van der Waals surface area contributed by atoms with E-state index in [0.29, 0.717) is 12.6 Å². The second-order valence-electron chi connectivity index (χ2n) is 8.06. The molecule has 0 spiro atoms. The number of ether oxygens (including phenoxy) is 3. The minimum absolute atomic E-state index is 0.0427. The van der Waals surface area contributed by atoms with E-state index < -0.39 is 0 Å². The maximum absolute atomic E-state index is 12.8. The molecule has 1 aromatic carbocycles. The van der Waals surface area contributed by atoms with Crippen molar-refractivity contribution in [3.05, 3.63) is 23.8 Å². The standard InChI is InChI=1S/C23H36N2O4/c1-5-24(6-2)19-9-11-20(12-10-19)29-23(26)25(7-3)17(4)14-18-8-13-21-22(15-18)28-16-27-21/h8,13,15,17,19-20H,5-7,9-12,14,16H2,1-4H3. The van der Waals surface area contributed by atoms with Gasteiger partial charge in [-0.15, -0.1) is 0 Å². The lowest BCUT2D eigenvalue weighted by Gasteiger charge is -2.36. The zero-order chi connectivity index (χ0) is 20.8. The van der Waals surface area contributed by atoms with Crippen molar-refractivity contribution in [2.24, 2.45) is 0 Å². The number of hydrogen-bond donors (Lipinski definition) is 0. The van der Waals surface area contributed by atoms with Gasteiger partial charge >= 0.3 is 6.09 Å². The Kier molecular flexibility index (Phi) is 7.64. The number of benzene rings is 1. The summed E-state index contributed by atoms with van der Waals surface area (Å²) >= 11 is 0. The van der Waals surface area contributed by atoms with Gasteiger partial charge in [0.25, 0.3) is 0 Å². The molecule has 0 bridgehead atoms. The molecule has 1 aliphatic carbocycles. The van der Waals surface area contributed by atoms with Gasteiger partial charge in [-0.3, -0.25) is 0 Å². The lowest BCUT2D eigenvalue weighted by atomic mass is 9.92. The van der Waals surface area contributed by atoms with Crippen LogP contribution in [0.4, 0.5) is 4.79 Å². The van der Waals surface area contributed by atoms with Crippen molar-refractivity contribution in [3.8, 4) is 11.5 Å². The summed E-state index contributed by atoms with van der Waals surface area (Å²) in [5, 5.41) is 0. The van der Waals surface area contributed by atoms with Crippen LogP contribution < -0.4 is 9.47 Å². The molecule has 162 valence electrons. The summed E-state index contributed by atoms with van der Waals surface area (Å²) in [6, 6.07) is 6.67. The summed E-state index contributed by atoms with van der Waals surface area (Å²) in [6.45, 7) is 11.6. The summed E-state index contributed by atoms with van der Waals surface area (Å²) in [4.78, 5) is 17.2. The third-order valence-corrected chi connectivity index (χ3v) is 6.32. The molecule has 0 radical (unpaired) electrons. The molecule has 1 aliphatic heterocycles. The largest absolute Gasteiger partial charge is 0.454 e. The van der Waals surface area contributed by atoms with Crippen molar-refractivity contribution in [2.75, 3.05) is 26.4 Å². The van der Waals surface area contributed by atoms with Crippen LogP contribution in [0.25, 0.3) is 0 Å². The number of fused-ring (bicyclic) bond motifs is 1. The highest BCUT2D eigenvalue weighted by molar-refractivity contribution is 5.68. The summed E-state index contributed by atoms with van der Waals surface area (Å²) in [5.41, 5.74) is 1.13. The van der Waals surface area contributed by atoms with E-state index in [1.54, 1.807) is 0 Å². The molecular formula is C23H36N2O4.